The van der Waals surface area contributed by atoms with E-state index in [0.717, 1.165) is 17.1 Å². The van der Waals surface area contributed by atoms with Crippen LogP contribution in [0.2, 0.25) is 0 Å². The van der Waals surface area contributed by atoms with E-state index in [4.69, 9.17) is 0 Å². The summed E-state index contributed by atoms with van der Waals surface area (Å²) < 4.78 is 0. The molecule has 9 aromatic rings. The van der Waals surface area contributed by atoms with Crippen molar-refractivity contribution in [3.63, 3.8) is 0 Å². The van der Waals surface area contributed by atoms with E-state index in [1.807, 2.05) is 0 Å². The van der Waals surface area contributed by atoms with E-state index in [-0.39, 0.29) is 5.41 Å². The molecule has 0 saturated heterocycles. The Bertz CT molecular complexity index is 2800. The number of rotatable bonds is 4. The van der Waals surface area contributed by atoms with Crippen LogP contribution in [-0.4, -0.2) is 0 Å². The highest BCUT2D eigenvalue weighted by Gasteiger charge is 2.35. The molecule has 1 aliphatic carbocycles. The molecular formula is C49H35N. The van der Waals surface area contributed by atoms with Gasteiger partial charge < -0.3 is 4.90 Å². The topological polar surface area (TPSA) is 3.24 Å². The third-order valence-electron chi connectivity index (χ3n) is 11.0. The fourth-order valence-electron chi connectivity index (χ4n) is 8.61. The smallest absolute Gasteiger partial charge is 0.0540 e. The van der Waals surface area contributed by atoms with Crippen LogP contribution in [0.15, 0.2) is 176 Å². The Morgan fingerprint density at radius 1 is 0.380 bits per heavy atom. The van der Waals surface area contributed by atoms with E-state index < -0.39 is 0 Å². The lowest BCUT2D eigenvalue weighted by molar-refractivity contribution is 0.660. The van der Waals surface area contributed by atoms with Crippen LogP contribution in [0, 0.1) is 0 Å². The molecule has 10 rings (SSSR count). The minimum absolute atomic E-state index is 0.0526. The van der Waals surface area contributed by atoms with E-state index in [0.29, 0.717) is 0 Å². The fourth-order valence-corrected chi connectivity index (χ4v) is 8.61. The molecule has 0 saturated carbocycles. The second kappa shape index (κ2) is 10.9. The molecular weight excluding hydrogens is 603 g/mol. The van der Waals surface area contributed by atoms with Crippen molar-refractivity contribution in [2.45, 2.75) is 19.3 Å². The standard InChI is InChI=1S/C49H35N/c1-49(2)45-22-8-7-19-41(45)44-31-37(27-29-46(44)49)50(36-16-9-15-35(30-36)39-20-10-14-32-12-3-5-17-38(32)39)47-23-11-21-43-42(47)28-26-34-25-24-33-13-4-6-18-40(33)48(34)43/h3-31H,1-2H3. The molecule has 0 amide bonds. The zero-order chi connectivity index (χ0) is 33.4. The molecule has 50 heavy (non-hydrogen) atoms. The van der Waals surface area contributed by atoms with Crippen molar-refractivity contribution in [2.75, 3.05) is 4.90 Å². The molecule has 0 unspecified atom stereocenters. The maximum absolute atomic E-state index is 2.47. The minimum Gasteiger partial charge on any atom is -0.310 e. The first-order valence-electron chi connectivity index (χ1n) is 17.5. The number of fused-ring (bicyclic) bond motifs is 9. The highest BCUT2D eigenvalue weighted by atomic mass is 15.1. The van der Waals surface area contributed by atoms with Gasteiger partial charge in [-0.15, -0.1) is 0 Å². The largest absolute Gasteiger partial charge is 0.310 e. The lowest BCUT2D eigenvalue weighted by atomic mass is 9.82. The fraction of sp³-hybridized carbons (Fsp3) is 0.0612. The third-order valence-corrected chi connectivity index (χ3v) is 11.0. The van der Waals surface area contributed by atoms with Crippen LogP contribution >= 0.6 is 0 Å². The molecule has 0 fully saturated rings. The van der Waals surface area contributed by atoms with Gasteiger partial charge in [0.2, 0.25) is 0 Å². The zero-order valence-electron chi connectivity index (χ0n) is 28.2. The molecule has 1 aliphatic rings. The predicted octanol–water partition coefficient (Wildman–Crippen LogP) is 13.7. The van der Waals surface area contributed by atoms with Crippen molar-refractivity contribution in [2.24, 2.45) is 0 Å². The van der Waals surface area contributed by atoms with Crippen LogP contribution in [0.25, 0.3) is 65.3 Å². The summed E-state index contributed by atoms with van der Waals surface area (Å²) in [5.74, 6) is 0. The van der Waals surface area contributed by atoms with Gasteiger partial charge in [-0.2, -0.15) is 0 Å². The van der Waals surface area contributed by atoms with Crippen molar-refractivity contribution < 1.29 is 0 Å². The average Bonchev–Trinajstić information content (AvgIpc) is 3.40. The second-order valence-electron chi connectivity index (χ2n) is 14.1. The van der Waals surface area contributed by atoms with Crippen LogP contribution in [0.3, 0.4) is 0 Å². The maximum Gasteiger partial charge on any atom is 0.0540 e. The van der Waals surface area contributed by atoms with Gasteiger partial charge in [0.1, 0.15) is 0 Å². The van der Waals surface area contributed by atoms with Crippen LogP contribution in [-0.2, 0) is 5.41 Å². The van der Waals surface area contributed by atoms with Crippen LogP contribution in [0.5, 0.6) is 0 Å². The van der Waals surface area contributed by atoms with E-state index in [9.17, 15) is 0 Å². The van der Waals surface area contributed by atoms with Gasteiger partial charge in [-0.25, -0.2) is 0 Å². The first-order chi connectivity index (χ1) is 24.6. The number of hydrogen-bond acceptors (Lipinski definition) is 1. The van der Waals surface area contributed by atoms with Crippen LogP contribution in [0.1, 0.15) is 25.0 Å². The van der Waals surface area contributed by atoms with Crippen LogP contribution in [0.4, 0.5) is 17.1 Å². The SMILES string of the molecule is CC1(C)c2ccccc2-c2cc(N(c3cccc(-c4cccc5ccccc45)c3)c3cccc4c3ccc3ccc5ccccc5c34)ccc21. The predicted molar refractivity (Wildman–Crippen MR) is 214 cm³/mol. The molecule has 0 atom stereocenters. The Labute approximate surface area is 292 Å². The first kappa shape index (κ1) is 28.8. The van der Waals surface area contributed by atoms with Gasteiger partial charge in [0.25, 0.3) is 0 Å². The Morgan fingerprint density at radius 2 is 1.00 bits per heavy atom. The molecule has 0 radical (unpaired) electrons. The number of anilines is 3. The van der Waals surface area contributed by atoms with Gasteiger partial charge >= 0.3 is 0 Å². The molecule has 1 heteroatoms. The number of nitrogens with zero attached hydrogens (tertiary/aromatic N) is 1. The third kappa shape index (κ3) is 4.27. The summed E-state index contributed by atoms with van der Waals surface area (Å²) in [6, 6.07) is 65.0. The molecule has 0 N–H and O–H groups in total. The zero-order valence-corrected chi connectivity index (χ0v) is 28.2. The summed E-state index contributed by atoms with van der Waals surface area (Å²) in [7, 11) is 0. The molecule has 0 aliphatic heterocycles. The van der Waals surface area contributed by atoms with Crippen molar-refractivity contribution >= 4 is 60.2 Å². The summed E-state index contributed by atoms with van der Waals surface area (Å²) in [6.45, 7) is 4.70. The Kier molecular flexibility index (Phi) is 6.29. The maximum atomic E-state index is 2.47. The van der Waals surface area contributed by atoms with Gasteiger partial charge in [0.05, 0.1) is 5.69 Å². The Balaban J connectivity index is 1.25. The number of hydrogen-bond donors (Lipinski definition) is 0. The molecule has 0 heterocycles. The summed E-state index contributed by atoms with van der Waals surface area (Å²) in [6.07, 6.45) is 0. The number of benzene rings is 9. The summed E-state index contributed by atoms with van der Waals surface area (Å²) in [5, 5.41) is 10.1. The second-order valence-corrected chi connectivity index (χ2v) is 14.1. The van der Waals surface area contributed by atoms with Gasteiger partial charge in [0, 0.05) is 22.2 Å². The monoisotopic (exact) mass is 637 g/mol. The lowest BCUT2D eigenvalue weighted by Gasteiger charge is -2.29. The summed E-state index contributed by atoms with van der Waals surface area (Å²) >= 11 is 0. The van der Waals surface area contributed by atoms with E-state index in [1.165, 1.54) is 76.5 Å². The van der Waals surface area contributed by atoms with E-state index in [1.54, 1.807) is 0 Å². The molecule has 0 spiro atoms. The highest BCUT2D eigenvalue weighted by Crippen LogP contribution is 2.51. The Hall–Kier alpha value is -6.18. The average molecular weight is 638 g/mol. The van der Waals surface area contributed by atoms with E-state index in [2.05, 4.69) is 195 Å². The molecule has 1 nitrogen and oxygen atoms in total. The van der Waals surface area contributed by atoms with Gasteiger partial charge in [-0.1, -0.05) is 159 Å². The van der Waals surface area contributed by atoms with Gasteiger partial charge in [-0.05, 0) is 101 Å². The first-order valence-corrected chi connectivity index (χ1v) is 17.5. The van der Waals surface area contributed by atoms with Crippen molar-refractivity contribution in [3.05, 3.63) is 187 Å². The Morgan fingerprint density at radius 3 is 1.90 bits per heavy atom. The molecule has 9 aromatic carbocycles. The van der Waals surface area contributed by atoms with Crippen molar-refractivity contribution in [3.8, 4) is 22.3 Å². The quantitative estimate of drug-likeness (QED) is 0.174. The summed E-state index contributed by atoms with van der Waals surface area (Å²) in [4.78, 5) is 2.47. The van der Waals surface area contributed by atoms with Crippen LogP contribution < -0.4 is 4.90 Å². The summed E-state index contributed by atoms with van der Waals surface area (Å²) in [5.41, 5.74) is 11.2. The molecule has 0 bridgehead atoms. The minimum atomic E-state index is -0.0526. The van der Waals surface area contributed by atoms with Gasteiger partial charge in [-0.3, -0.25) is 0 Å². The highest BCUT2D eigenvalue weighted by molar-refractivity contribution is 6.22. The van der Waals surface area contributed by atoms with Gasteiger partial charge in [0.15, 0.2) is 0 Å². The van der Waals surface area contributed by atoms with Crippen molar-refractivity contribution in [1.29, 1.82) is 0 Å². The molecule has 0 aromatic heterocycles. The van der Waals surface area contributed by atoms with E-state index >= 15 is 0 Å². The molecule has 236 valence electrons. The van der Waals surface area contributed by atoms with Crippen molar-refractivity contribution in [1.82, 2.24) is 0 Å². The lowest BCUT2D eigenvalue weighted by Crippen LogP contribution is -2.15. The normalized spacial score (nSPS) is 13.2.